The van der Waals surface area contributed by atoms with Gasteiger partial charge < -0.3 is 18.9 Å². The standard InChI is InChI=1S/C16H28BNO12S4/c1-14(2,3)28-13(19)18-10-8-12(9-11-18)17-29-15(31(4,20)21,32(5,22)23)16(30-17,33(6,24)25)34(7,26)27/h8H,9-11H2,1-7H3. The number of hydrogen-bond donors (Lipinski definition) is 0. The van der Waals surface area contributed by atoms with E-state index in [-0.39, 0.29) is 25.0 Å². The molecular weight excluding hydrogens is 537 g/mol. The Bertz CT molecular complexity index is 1180. The van der Waals surface area contributed by atoms with Crippen LogP contribution in [0.25, 0.3) is 0 Å². The fourth-order valence-corrected chi connectivity index (χ4v) is 14.9. The topological polar surface area (TPSA) is 185 Å². The molecule has 2 heterocycles. The van der Waals surface area contributed by atoms with E-state index >= 15 is 0 Å². The maximum Gasteiger partial charge on any atom is 0.493 e. The first kappa shape index (κ1) is 29.0. The van der Waals surface area contributed by atoms with Crippen LogP contribution in [0.4, 0.5) is 4.79 Å². The van der Waals surface area contributed by atoms with Gasteiger partial charge in [-0.3, -0.25) is 0 Å². The largest absolute Gasteiger partial charge is 0.493 e. The van der Waals surface area contributed by atoms with Crippen molar-refractivity contribution in [2.45, 2.75) is 41.3 Å². The Morgan fingerprint density at radius 3 is 1.53 bits per heavy atom. The van der Waals surface area contributed by atoms with Gasteiger partial charge in [0.1, 0.15) is 5.60 Å². The summed E-state index contributed by atoms with van der Waals surface area (Å²) >= 11 is 0. The van der Waals surface area contributed by atoms with Crippen molar-refractivity contribution in [1.82, 2.24) is 4.90 Å². The molecule has 13 nitrogen and oxygen atoms in total. The molecule has 0 spiro atoms. The average molecular weight is 565 g/mol. The predicted octanol–water partition coefficient (Wildman–Crippen LogP) is -0.886. The summed E-state index contributed by atoms with van der Waals surface area (Å²) < 4.78 is 111. The molecular formula is C16H28BNO12S4. The summed E-state index contributed by atoms with van der Waals surface area (Å²) in [6, 6.07) is 0. The fraction of sp³-hybridized carbons (Fsp3) is 0.812. The van der Waals surface area contributed by atoms with Crippen molar-refractivity contribution < 1.29 is 52.5 Å². The third-order valence-electron chi connectivity index (χ3n) is 5.05. The maximum atomic E-state index is 12.8. The Kier molecular flexibility index (Phi) is 7.20. The minimum atomic E-state index is -5.12. The third kappa shape index (κ3) is 4.64. The molecule has 18 heteroatoms. The van der Waals surface area contributed by atoms with Gasteiger partial charge in [0.05, 0.1) is 0 Å². The number of carbonyl (C=O) groups excluding carboxylic acids is 1. The molecule has 0 bridgehead atoms. The molecule has 0 aromatic carbocycles. The number of nitrogens with zero attached hydrogens (tertiary/aromatic N) is 1. The van der Waals surface area contributed by atoms with Gasteiger partial charge in [-0.25, -0.2) is 38.5 Å². The number of ether oxygens (including phenoxy) is 1. The van der Waals surface area contributed by atoms with Gasteiger partial charge in [0.15, 0.2) is 39.3 Å². The van der Waals surface area contributed by atoms with Crippen LogP contribution in [-0.4, -0.2) is 104 Å². The minimum Gasteiger partial charge on any atom is -0.444 e. The fourth-order valence-electron chi connectivity index (χ4n) is 3.80. The molecule has 0 radical (unpaired) electrons. The zero-order valence-electron chi connectivity index (χ0n) is 19.8. The van der Waals surface area contributed by atoms with E-state index in [1.807, 2.05) is 0 Å². The highest BCUT2D eigenvalue weighted by Gasteiger charge is 2.83. The van der Waals surface area contributed by atoms with Crippen LogP contribution in [0.1, 0.15) is 27.2 Å². The van der Waals surface area contributed by atoms with Crippen molar-refractivity contribution in [3.8, 4) is 0 Å². The van der Waals surface area contributed by atoms with Crippen molar-refractivity contribution in [2.75, 3.05) is 38.1 Å². The summed E-state index contributed by atoms with van der Waals surface area (Å²) in [5.41, 5.74) is -0.709. The van der Waals surface area contributed by atoms with E-state index < -0.39 is 66.7 Å². The SMILES string of the molecule is CC(C)(C)OC(=O)N1CC=C(B2OC(S(C)(=O)=O)(S(C)(=O)=O)C(S(C)(=O)=O)(S(C)(=O)=O)O2)CC1. The molecule has 1 saturated heterocycles. The summed E-state index contributed by atoms with van der Waals surface area (Å²) in [5.74, 6) is 0. The Balaban J connectivity index is 2.67. The average Bonchev–Trinajstić information content (AvgIpc) is 2.99. The van der Waals surface area contributed by atoms with Crippen LogP contribution in [0, 0.1) is 0 Å². The van der Waals surface area contributed by atoms with Crippen molar-refractivity contribution in [2.24, 2.45) is 0 Å². The molecule has 0 aromatic rings. The van der Waals surface area contributed by atoms with Gasteiger partial charge in [-0.15, -0.1) is 0 Å². The highest BCUT2D eigenvalue weighted by molar-refractivity contribution is 8.16. The molecule has 0 aromatic heterocycles. The molecule has 34 heavy (non-hydrogen) atoms. The highest BCUT2D eigenvalue weighted by atomic mass is 32.3. The molecule has 196 valence electrons. The number of amides is 1. The van der Waals surface area contributed by atoms with Crippen molar-refractivity contribution in [1.29, 1.82) is 0 Å². The van der Waals surface area contributed by atoms with E-state index in [4.69, 9.17) is 14.0 Å². The quantitative estimate of drug-likeness (QED) is 0.375. The molecule has 2 aliphatic rings. The number of hydrogen-bond acceptors (Lipinski definition) is 12. The molecule has 0 atom stereocenters. The van der Waals surface area contributed by atoms with E-state index in [1.165, 1.54) is 11.0 Å². The van der Waals surface area contributed by atoms with Gasteiger partial charge >= 0.3 is 21.7 Å². The molecule has 2 rings (SSSR count). The lowest BCUT2D eigenvalue weighted by Gasteiger charge is -2.37. The number of rotatable bonds is 5. The Hall–Kier alpha value is -1.21. The smallest absolute Gasteiger partial charge is 0.444 e. The first-order valence-corrected chi connectivity index (χ1v) is 17.3. The Morgan fingerprint density at radius 1 is 0.882 bits per heavy atom. The molecule has 0 aliphatic carbocycles. The van der Waals surface area contributed by atoms with Gasteiger partial charge in [-0.1, -0.05) is 6.08 Å². The van der Waals surface area contributed by atoms with E-state index in [0.717, 1.165) is 0 Å². The highest BCUT2D eigenvalue weighted by Crippen LogP contribution is 2.52. The van der Waals surface area contributed by atoms with Gasteiger partial charge in [0.25, 0.3) is 0 Å². The van der Waals surface area contributed by atoms with Crippen LogP contribution in [0.15, 0.2) is 11.5 Å². The van der Waals surface area contributed by atoms with E-state index in [2.05, 4.69) is 0 Å². The van der Waals surface area contributed by atoms with Crippen LogP contribution in [-0.2, 0) is 53.4 Å². The normalized spacial score (nSPS) is 21.8. The monoisotopic (exact) mass is 565 g/mol. The Morgan fingerprint density at radius 2 is 1.26 bits per heavy atom. The maximum absolute atomic E-state index is 12.8. The zero-order valence-corrected chi connectivity index (χ0v) is 23.0. The molecule has 0 unspecified atom stereocenters. The second-order valence-corrected chi connectivity index (χ2v) is 18.2. The summed E-state index contributed by atoms with van der Waals surface area (Å²) in [6.45, 7) is 4.91. The van der Waals surface area contributed by atoms with Crippen molar-refractivity contribution >= 4 is 52.6 Å². The zero-order chi connectivity index (χ0) is 26.8. The van der Waals surface area contributed by atoms with E-state index in [0.29, 0.717) is 25.0 Å². The summed E-state index contributed by atoms with van der Waals surface area (Å²) in [4.78, 5) is 13.6. The van der Waals surface area contributed by atoms with Gasteiger partial charge in [0.2, 0.25) is 0 Å². The summed E-state index contributed by atoms with van der Waals surface area (Å²) in [5, 5.41) is 0. The number of carbonyl (C=O) groups is 1. The Labute approximate surface area is 200 Å². The van der Waals surface area contributed by atoms with Gasteiger partial charge in [0, 0.05) is 38.1 Å². The lowest BCUT2D eigenvalue weighted by atomic mass is 9.75. The molecule has 2 aliphatic heterocycles. The van der Waals surface area contributed by atoms with Crippen LogP contribution in [0.5, 0.6) is 0 Å². The third-order valence-corrected chi connectivity index (χ3v) is 14.6. The molecule has 0 N–H and O–H groups in total. The van der Waals surface area contributed by atoms with Crippen LogP contribution in [0.3, 0.4) is 0 Å². The first-order chi connectivity index (χ1) is 14.9. The van der Waals surface area contributed by atoms with Crippen molar-refractivity contribution in [3.63, 3.8) is 0 Å². The molecule has 0 saturated carbocycles. The van der Waals surface area contributed by atoms with Crippen LogP contribution < -0.4 is 0 Å². The second kappa shape index (κ2) is 8.43. The number of sulfone groups is 4. The lowest BCUT2D eigenvalue weighted by Crippen LogP contribution is -2.67. The van der Waals surface area contributed by atoms with Gasteiger partial charge in [-0.2, -0.15) is 0 Å². The van der Waals surface area contributed by atoms with Crippen LogP contribution >= 0.6 is 0 Å². The minimum absolute atomic E-state index is 0.000529. The van der Waals surface area contributed by atoms with E-state index in [1.54, 1.807) is 20.8 Å². The van der Waals surface area contributed by atoms with Crippen LogP contribution in [0.2, 0.25) is 0 Å². The van der Waals surface area contributed by atoms with Crippen molar-refractivity contribution in [3.05, 3.63) is 11.5 Å². The predicted molar refractivity (Wildman–Crippen MR) is 123 cm³/mol. The summed E-state index contributed by atoms with van der Waals surface area (Å²) in [6.07, 6.45) is 2.01. The summed E-state index contributed by atoms with van der Waals surface area (Å²) in [7, 11) is -22.4. The lowest BCUT2D eigenvalue weighted by molar-refractivity contribution is 0.0266. The first-order valence-electron chi connectivity index (χ1n) is 9.72. The van der Waals surface area contributed by atoms with Gasteiger partial charge in [-0.05, 0) is 32.7 Å². The van der Waals surface area contributed by atoms with E-state index in [9.17, 15) is 38.5 Å². The molecule has 1 fully saturated rings. The molecule has 1 amide bonds. The second-order valence-electron chi connectivity index (χ2n) is 9.22.